The number of anilines is 2. The fourth-order valence-electron chi connectivity index (χ4n) is 3.67. The van der Waals surface area contributed by atoms with Gasteiger partial charge in [-0.2, -0.15) is 0 Å². The average Bonchev–Trinajstić information content (AvgIpc) is 3.44. The first-order chi connectivity index (χ1) is 18.8. The second-order valence-electron chi connectivity index (χ2n) is 8.94. The lowest BCUT2D eigenvalue weighted by molar-refractivity contribution is -0.115. The van der Waals surface area contributed by atoms with Crippen molar-refractivity contribution >= 4 is 46.9 Å². The first kappa shape index (κ1) is 27.5. The Morgan fingerprint density at radius 2 is 1.67 bits per heavy atom. The Labute approximate surface area is 231 Å². The van der Waals surface area contributed by atoms with Gasteiger partial charge in [-0.3, -0.25) is 14.4 Å². The number of rotatable bonds is 9. The van der Waals surface area contributed by atoms with E-state index in [1.165, 1.54) is 24.1 Å². The van der Waals surface area contributed by atoms with Crippen LogP contribution >= 0.6 is 11.8 Å². The van der Waals surface area contributed by atoms with E-state index in [4.69, 9.17) is 4.42 Å². The normalized spacial score (nSPS) is 11.9. The SMILES string of the molecule is Cc1ccc(C)c(NC(=O)C(C)Sc2cccc(NC(=O)/C(=C/c3ccco3)NC(=O)c3ccccc3)c2)c1. The Morgan fingerprint density at radius 1 is 0.872 bits per heavy atom. The van der Waals surface area contributed by atoms with Gasteiger partial charge in [0.25, 0.3) is 11.8 Å². The van der Waals surface area contributed by atoms with E-state index in [0.717, 1.165) is 21.7 Å². The highest BCUT2D eigenvalue weighted by Crippen LogP contribution is 2.27. The van der Waals surface area contributed by atoms with Gasteiger partial charge in [0.05, 0.1) is 11.5 Å². The monoisotopic (exact) mass is 539 g/mol. The van der Waals surface area contributed by atoms with Crippen molar-refractivity contribution in [2.75, 3.05) is 10.6 Å². The standard InChI is InChI=1S/C31H29N3O4S/c1-20-14-15-21(2)27(17-20)33-29(35)22(3)39-26-13-7-11-24(18-26)32-31(37)28(19-25-12-8-16-38-25)34-30(36)23-9-5-4-6-10-23/h4-19,22H,1-3H3,(H,32,37)(H,33,35)(H,34,36)/b28-19-. The molecule has 1 heterocycles. The zero-order chi connectivity index (χ0) is 27.8. The van der Waals surface area contributed by atoms with Gasteiger partial charge >= 0.3 is 0 Å². The molecule has 4 aromatic rings. The Bertz CT molecular complexity index is 1500. The molecule has 0 aliphatic heterocycles. The van der Waals surface area contributed by atoms with Crippen LogP contribution in [0.1, 0.15) is 34.2 Å². The molecule has 0 saturated carbocycles. The minimum atomic E-state index is -0.515. The van der Waals surface area contributed by atoms with Crippen LogP contribution < -0.4 is 16.0 Å². The fraction of sp³-hybridized carbons (Fsp3) is 0.129. The number of furan rings is 1. The van der Waals surface area contributed by atoms with E-state index in [-0.39, 0.29) is 16.9 Å². The Balaban J connectivity index is 1.45. The molecule has 1 unspecified atom stereocenters. The van der Waals surface area contributed by atoms with Gasteiger partial charge < -0.3 is 20.4 Å². The summed E-state index contributed by atoms with van der Waals surface area (Å²) in [6.07, 6.45) is 2.95. The molecule has 0 aliphatic carbocycles. The van der Waals surface area contributed by atoms with E-state index in [0.29, 0.717) is 17.0 Å². The third-order valence-corrected chi connectivity index (χ3v) is 6.88. The van der Waals surface area contributed by atoms with Crippen molar-refractivity contribution < 1.29 is 18.8 Å². The molecule has 0 spiro atoms. The van der Waals surface area contributed by atoms with E-state index in [1.54, 1.807) is 54.6 Å². The van der Waals surface area contributed by atoms with Crippen LogP contribution in [0.5, 0.6) is 0 Å². The number of hydrogen-bond acceptors (Lipinski definition) is 5. The summed E-state index contributed by atoms with van der Waals surface area (Å²) in [5.74, 6) is -0.632. The van der Waals surface area contributed by atoms with Crippen LogP contribution in [0.15, 0.2) is 106 Å². The number of hydrogen-bond donors (Lipinski definition) is 3. The number of thioether (sulfide) groups is 1. The van der Waals surface area contributed by atoms with Crippen LogP contribution in [0.25, 0.3) is 6.08 Å². The second kappa shape index (κ2) is 12.8. The van der Waals surface area contributed by atoms with Crippen molar-refractivity contribution in [2.24, 2.45) is 0 Å². The molecule has 8 heteroatoms. The van der Waals surface area contributed by atoms with E-state index >= 15 is 0 Å². The summed E-state index contributed by atoms with van der Waals surface area (Å²) < 4.78 is 5.34. The Kier molecular flexibility index (Phi) is 9.01. The van der Waals surface area contributed by atoms with Crippen LogP contribution in [-0.2, 0) is 9.59 Å². The molecule has 0 fully saturated rings. The van der Waals surface area contributed by atoms with Crippen molar-refractivity contribution in [2.45, 2.75) is 30.9 Å². The molecular weight excluding hydrogens is 510 g/mol. The van der Waals surface area contributed by atoms with Crippen LogP contribution in [0.3, 0.4) is 0 Å². The lowest BCUT2D eigenvalue weighted by atomic mass is 10.1. The van der Waals surface area contributed by atoms with Gasteiger partial charge in [-0.25, -0.2) is 0 Å². The van der Waals surface area contributed by atoms with Crippen molar-refractivity contribution in [3.63, 3.8) is 0 Å². The third-order valence-electron chi connectivity index (χ3n) is 5.78. The van der Waals surface area contributed by atoms with Crippen LogP contribution in [0.2, 0.25) is 0 Å². The molecule has 3 aromatic carbocycles. The minimum absolute atomic E-state index is 0.0260. The molecule has 0 aliphatic rings. The summed E-state index contributed by atoms with van der Waals surface area (Å²) in [6.45, 7) is 5.77. The summed E-state index contributed by atoms with van der Waals surface area (Å²) in [6, 6.07) is 25.1. The lowest BCUT2D eigenvalue weighted by Gasteiger charge is -2.15. The smallest absolute Gasteiger partial charge is 0.272 e. The topological polar surface area (TPSA) is 100 Å². The van der Waals surface area contributed by atoms with Crippen LogP contribution in [-0.4, -0.2) is 23.0 Å². The molecule has 1 aromatic heterocycles. The molecule has 0 radical (unpaired) electrons. The molecular formula is C31H29N3O4S. The van der Waals surface area contributed by atoms with Gasteiger partial charge in [-0.15, -0.1) is 11.8 Å². The molecule has 198 valence electrons. The molecule has 39 heavy (non-hydrogen) atoms. The van der Waals surface area contributed by atoms with Crippen molar-refractivity contribution in [1.29, 1.82) is 0 Å². The highest BCUT2D eigenvalue weighted by molar-refractivity contribution is 8.00. The number of aryl methyl sites for hydroxylation is 2. The third kappa shape index (κ3) is 7.72. The summed E-state index contributed by atoms with van der Waals surface area (Å²) in [4.78, 5) is 39.6. The zero-order valence-electron chi connectivity index (χ0n) is 21.9. The second-order valence-corrected chi connectivity index (χ2v) is 10.4. The van der Waals surface area contributed by atoms with Crippen molar-refractivity contribution in [1.82, 2.24) is 5.32 Å². The quantitative estimate of drug-likeness (QED) is 0.168. The summed E-state index contributed by atoms with van der Waals surface area (Å²) in [7, 11) is 0. The summed E-state index contributed by atoms with van der Waals surface area (Å²) in [5, 5.41) is 8.13. The highest BCUT2D eigenvalue weighted by atomic mass is 32.2. The van der Waals surface area contributed by atoms with E-state index in [1.807, 2.05) is 51.1 Å². The van der Waals surface area contributed by atoms with Crippen LogP contribution in [0, 0.1) is 13.8 Å². The maximum absolute atomic E-state index is 13.2. The maximum atomic E-state index is 13.2. The number of nitrogens with one attached hydrogen (secondary N) is 3. The van der Waals surface area contributed by atoms with Gasteiger partial charge in [0, 0.05) is 27.9 Å². The largest absolute Gasteiger partial charge is 0.465 e. The molecule has 1 atom stereocenters. The predicted octanol–water partition coefficient (Wildman–Crippen LogP) is 6.43. The number of benzene rings is 3. The lowest BCUT2D eigenvalue weighted by Crippen LogP contribution is -2.30. The molecule has 3 amide bonds. The molecule has 0 bridgehead atoms. The molecule has 7 nitrogen and oxygen atoms in total. The van der Waals surface area contributed by atoms with Crippen molar-refractivity contribution in [3.8, 4) is 0 Å². The first-order valence-electron chi connectivity index (χ1n) is 12.4. The summed E-state index contributed by atoms with van der Waals surface area (Å²) >= 11 is 1.38. The fourth-order valence-corrected chi connectivity index (χ4v) is 4.59. The maximum Gasteiger partial charge on any atom is 0.272 e. The predicted molar refractivity (Wildman–Crippen MR) is 156 cm³/mol. The Hall–Kier alpha value is -4.56. The highest BCUT2D eigenvalue weighted by Gasteiger charge is 2.18. The van der Waals surface area contributed by atoms with E-state index in [2.05, 4.69) is 16.0 Å². The van der Waals surface area contributed by atoms with Gasteiger partial charge in [0.1, 0.15) is 11.5 Å². The minimum Gasteiger partial charge on any atom is -0.465 e. The van der Waals surface area contributed by atoms with E-state index in [9.17, 15) is 14.4 Å². The van der Waals surface area contributed by atoms with E-state index < -0.39 is 11.8 Å². The molecule has 4 rings (SSSR count). The Morgan fingerprint density at radius 3 is 2.41 bits per heavy atom. The summed E-state index contributed by atoms with van der Waals surface area (Å²) in [5.41, 5.74) is 3.82. The van der Waals surface area contributed by atoms with Gasteiger partial charge in [-0.1, -0.05) is 36.4 Å². The van der Waals surface area contributed by atoms with Gasteiger partial charge in [0.15, 0.2) is 0 Å². The number of carbonyl (C=O) groups excluding carboxylic acids is 3. The zero-order valence-corrected chi connectivity index (χ0v) is 22.7. The first-order valence-corrected chi connectivity index (χ1v) is 13.2. The van der Waals surface area contributed by atoms with Crippen LogP contribution in [0.4, 0.5) is 11.4 Å². The molecule has 0 saturated heterocycles. The van der Waals surface area contributed by atoms with Gasteiger partial charge in [0.2, 0.25) is 5.91 Å². The van der Waals surface area contributed by atoms with Crippen molar-refractivity contribution in [3.05, 3.63) is 119 Å². The number of amides is 3. The molecule has 3 N–H and O–H groups in total. The van der Waals surface area contributed by atoms with Gasteiger partial charge in [-0.05, 0) is 80.4 Å². The number of carbonyl (C=O) groups is 3. The average molecular weight is 540 g/mol.